The second kappa shape index (κ2) is 8.69. The molecule has 1 saturated heterocycles. The van der Waals surface area contributed by atoms with Gasteiger partial charge in [-0.1, -0.05) is 0 Å². The van der Waals surface area contributed by atoms with Crippen molar-refractivity contribution >= 4 is 23.3 Å². The Balaban J connectivity index is 2.11. The van der Waals surface area contributed by atoms with Crippen LogP contribution in [0.5, 0.6) is 0 Å². The topological polar surface area (TPSA) is 102 Å². The van der Waals surface area contributed by atoms with Crippen LogP contribution in [0.2, 0.25) is 0 Å². The SMILES string of the molecule is O=C(COC(=O)c1cc([N+](=O)[O-])ccc1N1CCCCC1)NCC(F)(F)F. The molecule has 1 aliphatic rings. The molecule has 1 heterocycles. The van der Waals surface area contributed by atoms with E-state index in [1.807, 2.05) is 4.90 Å². The van der Waals surface area contributed by atoms with Crippen molar-refractivity contribution in [1.82, 2.24) is 5.32 Å². The fourth-order valence-electron chi connectivity index (χ4n) is 2.67. The summed E-state index contributed by atoms with van der Waals surface area (Å²) in [6.07, 6.45) is -1.76. The van der Waals surface area contributed by atoms with Gasteiger partial charge in [-0.05, 0) is 25.3 Å². The number of nitro groups is 1. The van der Waals surface area contributed by atoms with Crippen LogP contribution in [0.25, 0.3) is 0 Å². The lowest BCUT2D eigenvalue weighted by atomic mass is 10.1. The molecule has 8 nitrogen and oxygen atoms in total. The van der Waals surface area contributed by atoms with Gasteiger partial charge < -0.3 is 15.0 Å². The maximum atomic E-state index is 12.3. The summed E-state index contributed by atoms with van der Waals surface area (Å²) in [5, 5.41) is 12.6. The highest BCUT2D eigenvalue weighted by Crippen LogP contribution is 2.28. The second-order valence-corrected chi connectivity index (χ2v) is 5.97. The summed E-state index contributed by atoms with van der Waals surface area (Å²) in [4.78, 5) is 35.9. The van der Waals surface area contributed by atoms with Crippen LogP contribution >= 0.6 is 0 Å². The van der Waals surface area contributed by atoms with Crippen molar-refractivity contribution < 1.29 is 32.4 Å². The summed E-state index contributed by atoms with van der Waals surface area (Å²) in [5.41, 5.74) is -0.0000431. The number of nitrogens with zero attached hydrogens (tertiary/aromatic N) is 2. The molecule has 1 aromatic rings. The molecule has 1 amide bonds. The molecule has 0 saturated carbocycles. The highest BCUT2D eigenvalue weighted by atomic mass is 19.4. The molecule has 0 atom stereocenters. The molecule has 1 N–H and O–H groups in total. The van der Waals surface area contributed by atoms with Gasteiger partial charge in [0.1, 0.15) is 6.54 Å². The zero-order valence-electron chi connectivity index (χ0n) is 14.3. The average molecular weight is 389 g/mol. The van der Waals surface area contributed by atoms with E-state index in [1.165, 1.54) is 12.1 Å². The first-order valence-corrected chi connectivity index (χ1v) is 8.21. The first kappa shape index (κ1) is 20.5. The lowest BCUT2D eigenvalue weighted by Crippen LogP contribution is -2.36. The number of halogens is 3. The van der Waals surface area contributed by atoms with Gasteiger partial charge in [0.2, 0.25) is 0 Å². The largest absolute Gasteiger partial charge is 0.452 e. The highest BCUT2D eigenvalue weighted by Gasteiger charge is 2.28. The predicted octanol–water partition coefficient (Wildman–Crippen LogP) is 2.42. The molecule has 0 radical (unpaired) electrons. The Hall–Kier alpha value is -2.85. The normalized spacial score (nSPS) is 14.6. The second-order valence-electron chi connectivity index (χ2n) is 5.97. The third-order valence-corrected chi connectivity index (χ3v) is 3.93. The number of esters is 1. The number of carbonyl (C=O) groups excluding carboxylic acids is 2. The number of nitrogens with one attached hydrogen (secondary N) is 1. The molecule has 148 valence electrons. The van der Waals surface area contributed by atoms with Gasteiger partial charge in [0.15, 0.2) is 6.61 Å². The molecule has 0 unspecified atom stereocenters. The molecule has 0 bridgehead atoms. The Morgan fingerprint density at radius 1 is 1.22 bits per heavy atom. The van der Waals surface area contributed by atoms with Gasteiger partial charge in [0, 0.05) is 25.2 Å². The van der Waals surface area contributed by atoms with E-state index >= 15 is 0 Å². The highest BCUT2D eigenvalue weighted by molar-refractivity contribution is 5.97. The van der Waals surface area contributed by atoms with E-state index in [9.17, 15) is 32.9 Å². The predicted molar refractivity (Wildman–Crippen MR) is 88.5 cm³/mol. The van der Waals surface area contributed by atoms with Crippen LogP contribution in [0.15, 0.2) is 18.2 Å². The number of hydrogen-bond donors (Lipinski definition) is 1. The van der Waals surface area contributed by atoms with Gasteiger partial charge >= 0.3 is 12.1 Å². The van der Waals surface area contributed by atoms with Crippen LogP contribution in [0, 0.1) is 10.1 Å². The minimum Gasteiger partial charge on any atom is -0.452 e. The summed E-state index contributed by atoms with van der Waals surface area (Å²) < 4.78 is 41.0. The lowest BCUT2D eigenvalue weighted by Gasteiger charge is -2.30. The van der Waals surface area contributed by atoms with Crippen molar-refractivity contribution in [3.63, 3.8) is 0 Å². The molecular formula is C16H18F3N3O5. The fourth-order valence-corrected chi connectivity index (χ4v) is 2.67. The number of benzene rings is 1. The number of carbonyl (C=O) groups is 2. The van der Waals surface area contributed by atoms with Crippen LogP contribution in [0.4, 0.5) is 24.5 Å². The summed E-state index contributed by atoms with van der Waals surface area (Å²) in [6, 6.07) is 3.74. The standard InChI is InChI=1S/C16H18F3N3O5/c17-16(18,19)10-20-14(23)9-27-15(24)12-8-11(22(25)26)4-5-13(12)21-6-2-1-3-7-21/h4-5,8H,1-3,6-7,9-10H2,(H,20,23). The molecule has 11 heteroatoms. The monoisotopic (exact) mass is 389 g/mol. The zero-order valence-corrected chi connectivity index (χ0v) is 14.3. The molecule has 2 rings (SSSR count). The molecule has 1 aromatic carbocycles. The summed E-state index contributed by atoms with van der Waals surface area (Å²) in [5.74, 6) is -2.13. The molecule has 1 aliphatic heterocycles. The van der Waals surface area contributed by atoms with Gasteiger partial charge in [-0.2, -0.15) is 13.2 Å². The van der Waals surface area contributed by atoms with E-state index < -0.39 is 36.1 Å². The van der Waals surface area contributed by atoms with E-state index in [1.54, 1.807) is 5.32 Å². The number of anilines is 1. The van der Waals surface area contributed by atoms with E-state index in [0.29, 0.717) is 18.8 Å². The number of piperidine rings is 1. The maximum absolute atomic E-state index is 12.3. The van der Waals surface area contributed by atoms with Crippen molar-refractivity contribution in [2.45, 2.75) is 25.4 Å². The van der Waals surface area contributed by atoms with E-state index in [0.717, 1.165) is 25.3 Å². The summed E-state index contributed by atoms with van der Waals surface area (Å²) in [6.45, 7) is -1.15. The quantitative estimate of drug-likeness (QED) is 0.456. The van der Waals surface area contributed by atoms with E-state index in [4.69, 9.17) is 4.74 Å². The first-order chi connectivity index (χ1) is 12.7. The number of alkyl halides is 3. The summed E-state index contributed by atoms with van der Waals surface area (Å²) in [7, 11) is 0. The van der Waals surface area contributed by atoms with Crippen LogP contribution in [0.1, 0.15) is 29.6 Å². The van der Waals surface area contributed by atoms with Gasteiger partial charge in [0.25, 0.3) is 11.6 Å². The minimum atomic E-state index is -4.58. The smallest absolute Gasteiger partial charge is 0.405 e. The van der Waals surface area contributed by atoms with Crippen molar-refractivity contribution in [2.75, 3.05) is 31.1 Å². The van der Waals surface area contributed by atoms with Gasteiger partial charge in [0.05, 0.1) is 16.2 Å². The zero-order chi connectivity index (χ0) is 20.0. The molecular weight excluding hydrogens is 371 g/mol. The third-order valence-electron chi connectivity index (χ3n) is 3.93. The first-order valence-electron chi connectivity index (χ1n) is 8.21. The van der Waals surface area contributed by atoms with Gasteiger partial charge in [-0.3, -0.25) is 14.9 Å². The third kappa shape index (κ3) is 6.12. The average Bonchev–Trinajstić information content (AvgIpc) is 2.64. The van der Waals surface area contributed by atoms with Crippen LogP contribution in [-0.2, 0) is 9.53 Å². The number of nitro benzene ring substituents is 1. The van der Waals surface area contributed by atoms with E-state index in [-0.39, 0.29) is 11.3 Å². The number of amides is 1. The lowest BCUT2D eigenvalue weighted by molar-refractivity contribution is -0.384. The molecule has 0 aromatic heterocycles. The van der Waals surface area contributed by atoms with Crippen molar-refractivity contribution in [3.8, 4) is 0 Å². The number of rotatable bonds is 6. The fraction of sp³-hybridized carbons (Fsp3) is 0.500. The van der Waals surface area contributed by atoms with Crippen molar-refractivity contribution in [1.29, 1.82) is 0 Å². The van der Waals surface area contributed by atoms with E-state index in [2.05, 4.69) is 0 Å². The molecule has 1 fully saturated rings. The Kier molecular flexibility index (Phi) is 6.59. The number of ether oxygens (including phenoxy) is 1. The molecule has 0 aliphatic carbocycles. The maximum Gasteiger partial charge on any atom is 0.405 e. The Bertz CT molecular complexity index is 718. The summed E-state index contributed by atoms with van der Waals surface area (Å²) >= 11 is 0. The van der Waals surface area contributed by atoms with Crippen molar-refractivity contribution in [3.05, 3.63) is 33.9 Å². The van der Waals surface area contributed by atoms with Gasteiger partial charge in [-0.15, -0.1) is 0 Å². The Morgan fingerprint density at radius 2 is 1.89 bits per heavy atom. The molecule has 0 spiro atoms. The van der Waals surface area contributed by atoms with Crippen LogP contribution in [-0.4, -0.2) is 49.2 Å². The Labute approximate surface area is 152 Å². The number of non-ortho nitro benzene ring substituents is 1. The van der Waals surface area contributed by atoms with Crippen LogP contribution in [0.3, 0.4) is 0 Å². The number of hydrogen-bond acceptors (Lipinski definition) is 6. The van der Waals surface area contributed by atoms with Gasteiger partial charge in [-0.25, -0.2) is 4.79 Å². The Morgan fingerprint density at radius 3 is 2.48 bits per heavy atom. The van der Waals surface area contributed by atoms with Crippen molar-refractivity contribution in [2.24, 2.45) is 0 Å². The van der Waals surface area contributed by atoms with Crippen LogP contribution < -0.4 is 10.2 Å². The molecule has 27 heavy (non-hydrogen) atoms. The minimum absolute atomic E-state index is 0.102.